The molecule has 1 fully saturated rings. The third-order valence-electron chi connectivity index (χ3n) is 7.16. The predicted octanol–water partition coefficient (Wildman–Crippen LogP) is 2.42. The van der Waals surface area contributed by atoms with Crippen molar-refractivity contribution in [2.45, 2.75) is 37.3 Å². The van der Waals surface area contributed by atoms with E-state index < -0.39 is 6.04 Å². The second kappa shape index (κ2) is 9.92. The summed E-state index contributed by atoms with van der Waals surface area (Å²) < 4.78 is 5.25. The van der Waals surface area contributed by atoms with Gasteiger partial charge in [-0.3, -0.25) is 9.59 Å². The highest BCUT2D eigenvalue weighted by Gasteiger charge is 2.42. The number of amides is 2. The van der Waals surface area contributed by atoms with E-state index in [9.17, 15) is 9.59 Å². The minimum absolute atomic E-state index is 0.0574. The molecule has 0 radical (unpaired) electrons. The number of aromatic nitrogens is 2. The zero-order valence-electron chi connectivity index (χ0n) is 19.9. The Morgan fingerprint density at radius 2 is 1.94 bits per heavy atom. The zero-order chi connectivity index (χ0) is 24.3. The average molecular weight is 474 g/mol. The van der Waals surface area contributed by atoms with Gasteiger partial charge in [0.05, 0.1) is 24.7 Å². The lowest BCUT2D eigenvalue weighted by Gasteiger charge is -2.44. The highest BCUT2D eigenvalue weighted by Crippen LogP contribution is 2.36. The monoisotopic (exact) mass is 473 g/mol. The third kappa shape index (κ3) is 4.79. The van der Waals surface area contributed by atoms with Crippen LogP contribution in [0.5, 0.6) is 5.75 Å². The van der Waals surface area contributed by atoms with Crippen LogP contribution < -0.4 is 15.4 Å². The molecule has 0 aliphatic carbocycles. The van der Waals surface area contributed by atoms with Crippen molar-refractivity contribution in [2.75, 3.05) is 26.7 Å². The molecule has 1 saturated heterocycles. The van der Waals surface area contributed by atoms with Crippen molar-refractivity contribution < 1.29 is 14.3 Å². The molecule has 1 atom stereocenters. The summed E-state index contributed by atoms with van der Waals surface area (Å²) >= 11 is 0. The molecular formula is C27H31N5O3. The fourth-order valence-corrected chi connectivity index (χ4v) is 5.23. The largest absolute Gasteiger partial charge is 0.497 e. The maximum absolute atomic E-state index is 13.7. The molecule has 3 heterocycles. The maximum atomic E-state index is 13.7. The summed E-state index contributed by atoms with van der Waals surface area (Å²) in [5, 5.41) is 6.66. The number of imidazole rings is 1. The van der Waals surface area contributed by atoms with E-state index in [2.05, 4.69) is 20.6 Å². The summed E-state index contributed by atoms with van der Waals surface area (Å²) in [6.07, 6.45) is 4.71. The number of likely N-dealkylation sites (tertiary alicyclic amines) is 1. The Labute approximate surface area is 205 Å². The number of nitrogens with zero attached hydrogens (tertiary/aromatic N) is 2. The van der Waals surface area contributed by atoms with Crippen LogP contribution in [0.25, 0.3) is 0 Å². The molecule has 182 valence electrons. The van der Waals surface area contributed by atoms with Gasteiger partial charge in [0.2, 0.25) is 5.91 Å². The number of carbonyl (C=O) groups excluding carboxylic acids is 2. The second-order valence-electron chi connectivity index (χ2n) is 9.26. The Morgan fingerprint density at radius 1 is 1.14 bits per heavy atom. The second-order valence-corrected chi connectivity index (χ2v) is 9.26. The summed E-state index contributed by atoms with van der Waals surface area (Å²) in [6, 6.07) is 16.1. The molecule has 8 nitrogen and oxygen atoms in total. The minimum Gasteiger partial charge on any atom is -0.497 e. The van der Waals surface area contributed by atoms with Gasteiger partial charge in [-0.1, -0.05) is 36.4 Å². The summed E-state index contributed by atoms with van der Waals surface area (Å²) in [4.78, 5) is 36.5. The molecule has 2 aliphatic heterocycles. The summed E-state index contributed by atoms with van der Waals surface area (Å²) in [5.74, 6) is 0.252. The number of methoxy groups -OCH3 is 1. The molecule has 0 bridgehead atoms. The van der Waals surface area contributed by atoms with Crippen molar-refractivity contribution in [3.05, 3.63) is 83.4 Å². The van der Waals surface area contributed by atoms with E-state index in [-0.39, 0.29) is 17.4 Å². The van der Waals surface area contributed by atoms with E-state index in [1.54, 1.807) is 37.7 Å². The van der Waals surface area contributed by atoms with Gasteiger partial charge in [0.1, 0.15) is 11.8 Å². The lowest BCUT2D eigenvalue weighted by molar-refractivity contribution is -0.135. The van der Waals surface area contributed by atoms with Crippen LogP contribution in [0.3, 0.4) is 0 Å². The van der Waals surface area contributed by atoms with Crippen molar-refractivity contribution in [2.24, 2.45) is 0 Å². The van der Waals surface area contributed by atoms with Gasteiger partial charge in [-0.2, -0.15) is 0 Å². The Hall–Kier alpha value is -3.65. The zero-order valence-corrected chi connectivity index (χ0v) is 19.9. The molecule has 2 aromatic carbocycles. The number of fused-ring (bicyclic) bond motifs is 2. The van der Waals surface area contributed by atoms with Gasteiger partial charge in [0.25, 0.3) is 5.91 Å². The number of ether oxygens (including phenoxy) is 1. The quantitative estimate of drug-likeness (QED) is 0.511. The van der Waals surface area contributed by atoms with Gasteiger partial charge in [-0.15, -0.1) is 0 Å². The van der Waals surface area contributed by atoms with Crippen molar-refractivity contribution in [3.8, 4) is 5.75 Å². The summed E-state index contributed by atoms with van der Waals surface area (Å²) in [7, 11) is 1.56. The number of benzene rings is 2. The third-order valence-corrected chi connectivity index (χ3v) is 7.16. The van der Waals surface area contributed by atoms with E-state index in [1.807, 2.05) is 35.2 Å². The molecule has 8 heteroatoms. The maximum Gasteiger partial charge on any atom is 0.252 e. The van der Waals surface area contributed by atoms with Gasteiger partial charge in [0.15, 0.2) is 0 Å². The first-order valence-electron chi connectivity index (χ1n) is 12.1. The lowest BCUT2D eigenvalue weighted by Crippen LogP contribution is -2.58. The molecule has 1 spiro atoms. The Morgan fingerprint density at radius 3 is 2.71 bits per heavy atom. The highest BCUT2D eigenvalue weighted by molar-refractivity contribution is 5.98. The SMILES string of the molecule is COc1cccc(C(=O)NC(Cc2ccccc2)C(=O)N2CCC3(CC2)NCCc2[nH]cnc23)c1. The first-order valence-corrected chi connectivity index (χ1v) is 12.1. The predicted molar refractivity (Wildman–Crippen MR) is 132 cm³/mol. The number of H-pyrrole nitrogens is 1. The molecule has 3 N–H and O–H groups in total. The molecule has 0 saturated carbocycles. The van der Waals surface area contributed by atoms with E-state index in [1.165, 1.54) is 5.69 Å². The van der Waals surface area contributed by atoms with Crippen molar-refractivity contribution in [3.63, 3.8) is 0 Å². The fraction of sp³-hybridized carbons (Fsp3) is 0.370. The van der Waals surface area contributed by atoms with Crippen LogP contribution in [0.1, 0.15) is 40.2 Å². The summed E-state index contributed by atoms with van der Waals surface area (Å²) in [6.45, 7) is 2.12. The number of hydrogen-bond acceptors (Lipinski definition) is 5. The highest BCUT2D eigenvalue weighted by atomic mass is 16.5. The average Bonchev–Trinajstić information content (AvgIpc) is 3.40. The summed E-state index contributed by atoms with van der Waals surface area (Å²) in [5.41, 5.74) is 3.55. The first-order chi connectivity index (χ1) is 17.1. The van der Waals surface area contributed by atoms with Crippen LogP contribution in [0.15, 0.2) is 60.9 Å². The van der Waals surface area contributed by atoms with Crippen molar-refractivity contribution >= 4 is 11.8 Å². The topological polar surface area (TPSA) is 99.4 Å². The fourth-order valence-electron chi connectivity index (χ4n) is 5.23. The molecule has 2 aliphatic rings. The van der Waals surface area contributed by atoms with Crippen LogP contribution in [-0.4, -0.2) is 59.5 Å². The molecule has 35 heavy (non-hydrogen) atoms. The smallest absolute Gasteiger partial charge is 0.252 e. The molecule has 2 amide bonds. The Bertz CT molecular complexity index is 1180. The number of carbonyl (C=O) groups is 2. The van der Waals surface area contributed by atoms with E-state index in [0.29, 0.717) is 30.8 Å². The van der Waals surface area contributed by atoms with Crippen LogP contribution in [0, 0.1) is 0 Å². The lowest BCUT2D eigenvalue weighted by atomic mass is 9.80. The van der Waals surface area contributed by atoms with Gasteiger partial charge in [-0.05, 0) is 36.6 Å². The van der Waals surface area contributed by atoms with E-state index in [0.717, 1.165) is 37.1 Å². The van der Waals surface area contributed by atoms with E-state index in [4.69, 9.17) is 4.74 Å². The molecule has 1 unspecified atom stereocenters. The van der Waals surface area contributed by atoms with Crippen LogP contribution >= 0.6 is 0 Å². The van der Waals surface area contributed by atoms with E-state index >= 15 is 0 Å². The molecule has 3 aromatic rings. The van der Waals surface area contributed by atoms with Gasteiger partial charge >= 0.3 is 0 Å². The van der Waals surface area contributed by atoms with Crippen LogP contribution in [0.2, 0.25) is 0 Å². The van der Waals surface area contributed by atoms with Gasteiger partial charge in [0, 0.05) is 43.7 Å². The molecule has 5 rings (SSSR count). The number of hydrogen-bond donors (Lipinski definition) is 3. The number of nitrogens with one attached hydrogen (secondary N) is 3. The van der Waals surface area contributed by atoms with Crippen molar-refractivity contribution in [1.29, 1.82) is 0 Å². The van der Waals surface area contributed by atoms with Gasteiger partial charge in [-0.25, -0.2) is 4.98 Å². The normalized spacial score (nSPS) is 17.5. The number of rotatable bonds is 6. The minimum atomic E-state index is -0.662. The standard InChI is InChI=1S/C27H31N5O3/c1-35-21-9-5-8-20(17-21)25(33)31-23(16-19-6-3-2-4-7-19)26(34)32-14-11-27(12-15-32)24-22(10-13-30-27)28-18-29-24/h2-9,17-18,23,30H,10-16H2,1H3,(H,28,29)(H,31,33). The number of aromatic amines is 1. The van der Waals surface area contributed by atoms with Crippen LogP contribution in [-0.2, 0) is 23.2 Å². The van der Waals surface area contributed by atoms with Crippen LogP contribution in [0.4, 0.5) is 0 Å². The molecule has 1 aromatic heterocycles. The van der Waals surface area contributed by atoms with Gasteiger partial charge < -0.3 is 25.3 Å². The Kier molecular flexibility index (Phi) is 6.55. The van der Waals surface area contributed by atoms with Crippen molar-refractivity contribution in [1.82, 2.24) is 25.5 Å². The Balaban J connectivity index is 1.32. The molecular weight excluding hydrogens is 442 g/mol. The first kappa shape index (κ1) is 23.1. The number of piperidine rings is 1.